The number of hydrogen-bond donors (Lipinski definition) is 0. The normalized spacial score (nSPS) is 18.1. The van der Waals surface area contributed by atoms with E-state index in [0.29, 0.717) is 6.04 Å². The number of hydrogen-bond acceptors (Lipinski definition) is 3. The highest BCUT2D eigenvalue weighted by Gasteiger charge is 2.22. The maximum atomic E-state index is 5.46. The molecule has 0 bridgehead atoms. The molecule has 1 unspecified atom stereocenters. The fraction of sp³-hybridized carbons (Fsp3) is 0.400. The van der Waals surface area contributed by atoms with Crippen LogP contribution < -0.4 is 9.64 Å². The average molecular weight is 310 g/mol. The van der Waals surface area contributed by atoms with Gasteiger partial charge in [0.1, 0.15) is 5.75 Å². The summed E-state index contributed by atoms with van der Waals surface area (Å²) in [5.41, 5.74) is 3.60. The van der Waals surface area contributed by atoms with E-state index in [1.807, 2.05) is 18.2 Å². The van der Waals surface area contributed by atoms with Crippen molar-refractivity contribution in [3.63, 3.8) is 0 Å². The van der Waals surface area contributed by atoms with Crippen LogP contribution in [0.25, 0.3) is 11.1 Å². The van der Waals surface area contributed by atoms with Crippen LogP contribution >= 0.6 is 0 Å². The van der Waals surface area contributed by atoms with Crippen molar-refractivity contribution in [1.29, 1.82) is 0 Å². The first-order chi connectivity index (χ1) is 11.2. The Hall–Kier alpha value is -2.00. The summed E-state index contributed by atoms with van der Waals surface area (Å²) in [6, 6.07) is 17.6. The molecule has 3 heteroatoms. The van der Waals surface area contributed by atoms with Crippen molar-refractivity contribution in [2.24, 2.45) is 0 Å². The highest BCUT2D eigenvalue weighted by molar-refractivity contribution is 5.72. The fourth-order valence-corrected chi connectivity index (χ4v) is 3.41. The van der Waals surface area contributed by atoms with E-state index in [1.54, 1.807) is 7.11 Å². The molecule has 0 radical (unpaired) electrons. The quantitative estimate of drug-likeness (QED) is 0.833. The number of rotatable bonds is 5. The molecule has 3 nitrogen and oxygen atoms in total. The second-order valence-corrected chi connectivity index (χ2v) is 6.40. The molecule has 1 fully saturated rings. The van der Waals surface area contributed by atoms with Gasteiger partial charge in [0.15, 0.2) is 0 Å². The number of para-hydroxylation sites is 1. The summed E-state index contributed by atoms with van der Waals surface area (Å²) in [6.07, 6.45) is 2.63. The molecule has 0 N–H and O–H groups in total. The number of likely N-dealkylation sites (tertiary alicyclic amines) is 1. The zero-order valence-corrected chi connectivity index (χ0v) is 14.3. The van der Waals surface area contributed by atoms with Gasteiger partial charge < -0.3 is 14.5 Å². The van der Waals surface area contributed by atoms with Crippen LogP contribution in [0.1, 0.15) is 12.8 Å². The standard InChI is InChI=1S/C20H26N2O/c1-21-14-6-7-18(21)15-22(2)17-12-10-16(11-13-17)19-8-4-5-9-20(19)23-3/h4-5,8-13,18H,6-7,14-15H2,1-3H3. The van der Waals surface area contributed by atoms with Crippen LogP contribution in [0.5, 0.6) is 5.75 Å². The van der Waals surface area contributed by atoms with Crippen molar-refractivity contribution in [3.05, 3.63) is 48.5 Å². The summed E-state index contributed by atoms with van der Waals surface area (Å²) in [6.45, 7) is 2.32. The van der Waals surface area contributed by atoms with Crippen LogP contribution in [0.4, 0.5) is 5.69 Å². The summed E-state index contributed by atoms with van der Waals surface area (Å²) in [5, 5.41) is 0. The molecule has 23 heavy (non-hydrogen) atoms. The minimum atomic E-state index is 0.675. The molecule has 122 valence electrons. The number of ether oxygens (including phenoxy) is 1. The zero-order valence-electron chi connectivity index (χ0n) is 14.3. The third-order valence-corrected chi connectivity index (χ3v) is 4.88. The number of likely N-dealkylation sites (N-methyl/N-ethyl adjacent to an activating group) is 2. The van der Waals surface area contributed by atoms with Crippen molar-refractivity contribution in [3.8, 4) is 16.9 Å². The molecular formula is C20H26N2O. The molecule has 0 spiro atoms. The van der Waals surface area contributed by atoms with E-state index in [0.717, 1.165) is 17.9 Å². The van der Waals surface area contributed by atoms with Gasteiger partial charge in [-0.25, -0.2) is 0 Å². The Balaban J connectivity index is 1.74. The van der Waals surface area contributed by atoms with Gasteiger partial charge in [-0.15, -0.1) is 0 Å². The summed E-state index contributed by atoms with van der Waals surface area (Å²) < 4.78 is 5.46. The Morgan fingerprint density at radius 3 is 2.52 bits per heavy atom. The second kappa shape index (κ2) is 7.05. The maximum Gasteiger partial charge on any atom is 0.126 e. The number of methoxy groups -OCH3 is 1. The minimum Gasteiger partial charge on any atom is -0.496 e. The summed E-state index contributed by atoms with van der Waals surface area (Å²) in [4.78, 5) is 4.83. The van der Waals surface area contributed by atoms with Crippen LogP contribution in [0.2, 0.25) is 0 Å². The summed E-state index contributed by atoms with van der Waals surface area (Å²) in [5.74, 6) is 0.918. The van der Waals surface area contributed by atoms with Crippen LogP contribution in [0.3, 0.4) is 0 Å². The molecule has 1 aliphatic rings. The Labute approximate surface area is 139 Å². The number of nitrogens with zero attached hydrogens (tertiary/aromatic N) is 2. The van der Waals surface area contributed by atoms with E-state index >= 15 is 0 Å². The predicted octanol–water partition coefficient (Wildman–Crippen LogP) is 3.89. The smallest absolute Gasteiger partial charge is 0.126 e. The summed E-state index contributed by atoms with van der Waals surface area (Å²) in [7, 11) is 6.14. The lowest BCUT2D eigenvalue weighted by molar-refractivity contribution is 0.314. The van der Waals surface area contributed by atoms with Gasteiger partial charge in [0.2, 0.25) is 0 Å². The van der Waals surface area contributed by atoms with Gasteiger partial charge in [-0.2, -0.15) is 0 Å². The van der Waals surface area contributed by atoms with Crippen molar-refractivity contribution in [2.75, 3.05) is 39.2 Å². The molecule has 0 amide bonds. The van der Waals surface area contributed by atoms with E-state index in [1.165, 1.54) is 30.6 Å². The Bertz CT molecular complexity index is 638. The van der Waals surface area contributed by atoms with Gasteiger partial charge in [0, 0.05) is 30.9 Å². The monoisotopic (exact) mass is 310 g/mol. The van der Waals surface area contributed by atoms with Crippen molar-refractivity contribution in [1.82, 2.24) is 4.90 Å². The first-order valence-electron chi connectivity index (χ1n) is 8.34. The highest BCUT2D eigenvalue weighted by atomic mass is 16.5. The van der Waals surface area contributed by atoms with E-state index in [2.05, 4.69) is 54.2 Å². The van der Waals surface area contributed by atoms with Crippen molar-refractivity contribution < 1.29 is 4.74 Å². The topological polar surface area (TPSA) is 15.7 Å². The maximum absolute atomic E-state index is 5.46. The molecule has 1 heterocycles. The van der Waals surface area contributed by atoms with Gasteiger partial charge in [0.05, 0.1) is 7.11 Å². The molecule has 0 aliphatic carbocycles. The molecule has 1 atom stereocenters. The lowest BCUT2D eigenvalue weighted by Crippen LogP contribution is -2.36. The third kappa shape index (κ3) is 3.50. The van der Waals surface area contributed by atoms with Crippen LogP contribution in [-0.4, -0.2) is 45.2 Å². The Morgan fingerprint density at radius 2 is 1.87 bits per heavy atom. The third-order valence-electron chi connectivity index (χ3n) is 4.88. The van der Waals surface area contributed by atoms with Gasteiger partial charge >= 0.3 is 0 Å². The Morgan fingerprint density at radius 1 is 1.13 bits per heavy atom. The van der Waals surface area contributed by atoms with E-state index in [-0.39, 0.29) is 0 Å². The Kier molecular flexibility index (Phi) is 4.87. The van der Waals surface area contributed by atoms with E-state index in [4.69, 9.17) is 4.74 Å². The van der Waals surface area contributed by atoms with E-state index < -0.39 is 0 Å². The SMILES string of the molecule is COc1ccccc1-c1ccc(N(C)CC2CCCN2C)cc1. The van der Waals surface area contributed by atoms with Gasteiger partial charge in [-0.1, -0.05) is 30.3 Å². The minimum absolute atomic E-state index is 0.675. The molecule has 0 aromatic heterocycles. The summed E-state index contributed by atoms with van der Waals surface area (Å²) >= 11 is 0. The largest absolute Gasteiger partial charge is 0.496 e. The first kappa shape index (κ1) is 15.9. The second-order valence-electron chi connectivity index (χ2n) is 6.40. The molecule has 2 aromatic rings. The van der Waals surface area contributed by atoms with Crippen molar-refractivity contribution in [2.45, 2.75) is 18.9 Å². The lowest BCUT2D eigenvalue weighted by atomic mass is 10.0. The van der Waals surface area contributed by atoms with Crippen molar-refractivity contribution >= 4 is 5.69 Å². The molecule has 1 aliphatic heterocycles. The molecule has 0 saturated carbocycles. The average Bonchev–Trinajstić information content (AvgIpc) is 3.00. The van der Waals surface area contributed by atoms with Gasteiger partial charge in [-0.3, -0.25) is 0 Å². The first-order valence-corrected chi connectivity index (χ1v) is 8.34. The lowest BCUT2D eigenvalue weighted by Gasteiger charge is -2.27. The molecule has 1 saturated heterocycles. The number of benzene rings is 2. The van der Waals surface area contributed by atoms with Gasteiger partial charge in [-0.05, 0) is 50.2 Å². The molecular weight excluding hydrogens is 284 g/mol. The highest BCUT2D eigenvalue weighted by Crippen LogP contribution is 2.31. The zero-order chi connectivity index (χ0) is 16.2. The van der Waals surface area contributed by atoms with Crippen LogP contribution in [0.15, 0.2) is 48.5 Å². The van der Waals surface area contributed by atoms with E-state index in [9.17, 15) is 0 Å². The predicted molar refractivity (Wildman–Crippen MR) is 97.4 cm³/mol. The molecule has 2 aromatic carbocycles. The van der Waals surface area contributed by atoms with Crippen LogP contribution in [-0.2, 0) is 0 Å². The van der Waals surface area contributed by atoms with Gasteiger partial charge in [0.25, 0.3) is 0 Å². The fourth-order valence-electron chi connectivity index (χ4n) is 3.41. The van der Waals surface area contributed by atoms with Crippen LogP contribution in [0, 0.1) is 0 Å². The number of anilines is 1. The molecule has 3 rings (SSSR count).